The first kappa shape index (κ1) is 13.8. The lowest BCUT2D eigenvalue weighted by atomic mass is 9.95. The van der Waals surface area contributed by atoms with Crippen molar-refractivity contribution in [3.63, 3.8) is 0 Å². The molecule has 4 nitrogen and oxygen atoms in total. The molecule has 0 fully saturated rings. The third-order valence-corrected chi connectivity index (χ3v) is 3.34. The van der Waals surface area contributed by atoms with Crippen LogP contribution in [-0.4, -0.2) is 21.6 Å². The van der Waals surface area contributed by atoms with Gasteiger partial charge in [-0.05, 0) is 31.9 Å². The largest absolute Gasteiger partial charge is 0.476 e. The lowest BCUT2D eigenvalue weighted by Crippen LogP contribution is -2.33. The van der Waals surface area contributed by atoms with Gasteiger partial charge in [-0.15, -0.1) is 0 Å². The molecular formula is C12H17ClN2O2. The van der Waals surface area contributed by atoms with Crippen molar-refractivity contribution in [1.82, 2.24) is 4.98 Å². The third kappa shape index (κ3) is 3.33. The Labute approximate surface area is 106 Å². The fourth-order valence-electron chi connectivity index (χ4n) is 1.40. The van der Waals surface area contributed by atoms with E-state index >= 15 is 0 Å². The second kappa shape index (κ2) is 5.36. The lowest BCUT2D eigenvalue weighted by molar-refractivity contribution is 0.0691. The molecule has 17 heavy (non-hydrogen) atoms. The summed E-state index contributed by atoms with van der Waals surface area (Å²) in [5.41, 5.74) is -0.206. The standard InChI is InChI=1S/C12H17ClN2O2/c1-4-12(3,5-2)15-9-7-6-8(13)10(14-9)11(16)17/h6-7H,4-5H2,1-3H3,(H,14,15)(H,16,17). The maximum absolute atomic E-state index is 10.9. The van der Waals surface area contributed by atoms with E-state index in [2.05, 4.69) is 31.1 Å². The van der Waals surface area contributed by atoms with Crippen molar-refractivity contribution < 1.29 is 9.90 Å². The molecule has 0 unspecified atom stereocenters. The molecule has 1 aromatic rings. The van der Waals surface area contributed by atoms with Crippen LogP contribution in [0.4, 0.5) is 5.82 Å². The highest BCUT2D eigenvalue weighted by Crippen LogP contribution is 2.23. The van der Waals surface area contributed by atoms with Crippen LogP contribution in [0.1, 0.15) is 44.1 Å². The Hall–Kier alpha value is -1.29. The highest BCUT2D eigenvalue weighted by molar-refractivity contribution is 6.33. The molecule has 0 aliphatic carbocycles. The number of hydrogen-bond donors (Lipinski definition) is 2. The van der Waals surface area contributed by atoms with Crippen molar-refractivity contribution in [2.45, 2.75) is 39.2 Å². The van der Waals surface area contributed by atoms with Crippen LogP contribution in [0.5, 0.6) is 0 Å². The zero-order valence-electron chi connectivity index (χ0n) is 10.2. The minimum atomic E-state index is -1.12. The van der Waals surface area contributed by atoms with Crippen LogP contribution in [0.25, 0.3) is 0 Å². The van der Waals surface area contributed by atoms with Crippen molar-refractivity contribution in [1.29, 1.82) is 0 Å². The predicted molar refractivity (Wildman–Crippen MR) is 68.8 cm³/mol. The molecule has 0 bridgehead atoms. The van der Waals surface area contributed by atoms with Gasteiger partial charge in [0.2, 0.25) is 0 Å². The number of nitrogens with one attached hydrogen (secondary N) is 1. The van der Waals surface area contributed by atoms with Gasteiger partial charge in [-0.2, -0.15) is 0 Å². The summed E-state index contributed by atoms with van der Waals surface area (Å²) in [6.07, 6.45) is 1.85. The van der Waals surface area contributed by atoms with E-state index in [-0.39, 0.29) is 16.3 Å². The highest BCUT2D eigenvalue weighted by Gasteiger charge is 2.20. The molecule has 5 heteroatoms. The molecule has 1 rings (SSSR count). The van der Waals surface area contributed by atoms with E-state index in [0.717, 1.165) is 12.8 Å². The maximum atomic E-state index is 10.9. The Balaban J connectivity index is 3.01. The number of carboxylic acid groups (broad SMARTS) is 1. The molecule has 94 valence electrons. The Morgan fingerprint density at radius 3 is 2.53 bits per heavy atom. The average Bonchev–Trinajstić information content (AvgIpc) is 2.31. The van der Waals surface area contributed by atoms with Crippen LogP contribution in [0.2, 0.25) is 5.02 Å². The fourth-order valence-corrected chi connectivity index (χ4v) is 1.58. The lowest BCUT2D eigenvalue weighted by Gasteiger charge is -2.29. The molecule has 2 N–H and O–H groups in total. The summed E-state index contributed by atoms with van der Waals surface area (Å²) in [6.45, 7) is 6.22. The summed E-state index contributed by atoms with van der Waals surface area (Å²) in [6, 6.07) is 3.24. The molecule has 1 aromatic heterocycles. The average molecular weight is 257 g/mol. The molecule has 0 amide bonds. The SMILES string of the molecule is CCC(C)(CC)Nc1ccc(Cl)c(C(=O)O)n1. The number of pyridine rings is 1. The molecule has 0 aliphatic rings. The van der Waals surface area contributed by atoms with Gasteiger partial charge in [0.1, 0.15) is 5.82 Å². The number of halogens is 1. The first-order valence-electron chi connectivity index (χ1n) is 5.60. The van der Waals surface area contributed by atoms with Crippen molar-refractivity contribution in [3.05, 3.63) is 22.8 Å². The summed E-state index contributed by atoms with van der Waals surface area (Å²) >= 11 is 5.76. The molecule has 0 atom stereocenters. The van der Waals surface area contributed by atoms with Crippen LogP contribution < -0.4 is 5.32 Å². The van der Waals surface area contributed by atoms with Gasteiger partial charge in [0, 0.05) is 5.54 Å². The van der Waals surface area contributed by atoms with Gasteiger partial charge in [0.05, 0.1) is 5.02 Å². The molecule has 1 heterocycles. The Morgan fingerprint density at radius 1 is 1.47 bits per heavy atom. The quantitative estimate of drug-likeness (QED) is 0.847. The summed E-state index contributed by atoms with van der Waals surface area (Å²) in [4.78, 5) is 14.9. The second-order valence-electron chi connectivity index (χ2n) is 4.22. The smallest absolute Gasteiger partial charge is 0.356 e. The molecule has 0 aromatic carbocycles. The van der Waals surface area contributed by atoms with Gasteiger partial charge in [-0.1, -0.05) is 25.4 Å². The van der Waals surface area contributed by atoms with E-state index in [1.807, 2.05) is 0 Å². The van der Waals surface area contributed by atoms with Crippen LogP contribution in [-0.2, 0) is 0 Å². The Bertz CT molecular complexity index is 417. The van der Waals surface area contributed by atoms with E-state index in [1.165, 1.54) is 0 Å². The van der Waals surface area contributed by atoms with E-state index in [0.29, 0.717) is 5.82 Å². The van der Waals surface area contributed by atoms with Crippen LogP contribution in [0.15, 0.2) is 12.1 Å². The topological polar surface area (TPSA) is 62.2 Å². The minimum absolute atomic E-state index is 0.0867. The first-order valence-corrected chi connectivity index (χ1v) is 5.97. The number of aromatic nitrogens is 1. The number of nitrogens with zero attached hydrogens (tertiary/aromatic N) is 1. The van der Waals surface area contributed by atoms with Crippen molar-refractivity contribution in [2.75, 3.05) is 5.32 Å². The highest BCUT2D eigenvalue weighted by atomic mass is 35.5. The van der Waals surface area contributed by atoms with Gasteiger partial charge in [0.25, 0.3) is 0 Å². The van der Waals surface area contributed by atoms with Gasteiger partial charge in [-0.25, -0.2) is 9.78 Å². The van der Waals surface area contributed by atoms with Crippen molar-refractivity contribution in [3.8, 4) is 0 Å². The van der Waals surface area contributed by atoms with E-state index in [4.69, 9.17) is 16.7 Å². The number of hydrogen-bond acceptors (Lipinski definition) is 3. The van der Waals surface area contributed by atoms with Gasteiger partial charge in [0.15, 0.2) is 5.69 Å². The summed E-state index contributed by atoms with van der Waals surface area (Å²) < 4.78 is 0. The molecule has 0 saturated heterocycles. The van der Waals surface area contributed by atoms with E-state index < -0.39 is 5.97 Å². The molecule has 0 saturated carbocycles. The Morgan fingerprint density at radius 2 is 2.06 bits per heavy atom. The minimum Gasteiger partial charge on any atom is -0.476 e. The second-order valence-corrected chi connectivity index (χ2v) is 4.63. The molecule has 0 spiro atoms. The first-order chi connectivity index (χ1) is 7.91. The number of rotatable bonds is 5. The third-order valence-electron chi connectivity index (χ3n) is 3.04. The molecular weight excluding hydrogens is 240 g/mol. The van der Waals surface area contributed by atoms with Crippen molar-refractivity contribution >= 4 is 23.4 Å². The van der Waals surface area contributed by atoms with Crippen LogP contribution >= 0.6 is 11.6 Å². The van der Waals surface area contributed by atoms with Crippen molar-refractivity contribution in [2.24, 2.45) is 0 Å². The molecule has 0 aliphatic heterocycles. The number of carbonyl (C=O) groups is 1. The Kier molecular flexibility index (Phi) is 4.34. The van der Waals surface area contributed by atoms with Crippen LogP contribution in [0, 0.1) is 0 Å². The summed E-state index contributed by atoms with van der Waals surface area (Å²) in [5, 5.41) is 12.3. The predicted octanol–water partition coefficient (Wildman–Crippen LogP) is 3.42. The van der Waals surface area contributed by atoms with E-state index in [1.54, 1.807) is 12.1 Å². The van der Waals surface area contributed by atoms with Gasteiger partial charge < -0.3 is 10.4 Å². The summed E-state index contributed by atoms with van der Waals surface area (Å²) in [5.74, 6) is -0.577. The number of aromatic carboxylic acids is 1. The van der Waals surface area contributed by atoms with Crippen LogP contribution in [0.3, 0.4) is 0 Å². The van der Waals surface area contributed by atoms with Gasteiger partial charge in [-0.3, -0.25) is 0 Å². The zero-order valence-corrected chi connectivity index (χ0v) is 11.0. The summed E-state index contributed by atoms with van der Waals surface area (Å²) in [7, 11) is 0. The fraction of sp³-hybridized carbons (Fsp3) is 0.500. The maximum Gasteiger partial charge on any atom is 0.356 e. The zero-order chi connectivity index (χ0) is 13.1. The molecule has 0 radical (unpaired) electrons. The normalized spacial score (nSPS) is 11.3. The monoisotopic (exact) mass is 256 g/mol. The van der Waals surface area contributed by atoms with E-state index in [9.17, 15) is 4.79 Å². The van der Waals surface area contributed by atoms with Gasteiger partial charge >= 0.3 is 5.97 Å². The number of carboxylic acids is 1. The number of anilines is 1.